The number of amides is 1. The number of hydrogen-bond donors (Lipinski definition) is 1. The van der Waals surface area contributed by atoms with Crippen molar-refractivity contribution in [3.05, 3.63) is 68.7 Å². The molecule has 0 unspecified atom stereocenters. The highest BCUT2D eigenvalue weighted by atomic mass is 35.5. The van der Waals surface area contributed by atoms with E-state index in [9.17, 15) is 24.5 Å². The van der Waals surface area contributed by atoms with Crippen molar-refractivity contribution in [2.45, 2.75) is 19.4 Å². The fourth-order valence-corrected chi connectivity index (χ4v) is 3.83. The Morgan fingerprint density at radius 1 is 1.18 bits per heavy atom. The van der Waals surface area contributed by atoms with E-state index in [4.69, 9.17) is 21.1 Å². The van der Waals surface area contributed by atoms with Crippen LogP contribution in [0.3, 0.4) is 0 Å². The normalized spacial score (nSPS) is 13.8. The Morgan fingerprint density at radius 3 is 2.53 bits per heavy atom. The van der Waals surface area contributed by atoms with Gasteiger partial charge >= 0.3 is 11.9 Å². The molecule has 1 aliphatic rings. The van der Waals surface area contributed by atoms with Gasteiger partial charge in [0.15, 0.2) is 6.61 Å². The standard InChI is InChI=1S/C23H24ClN3O7/c1-33-22(29)15-8-10-26(11-9-15)21(28)14-34-23(30)18-12-17(27(31)32)6-7-20(18)25-13-16-4-2-3-5-19(16)24/h2-7,12,15,25H,8-11,13-14H2,1H3. The third-order valence-corrected chi connectivity index (χ3v) is 5.94. The first-order valence-corrected chi connectivity index (χ1v) is 11.0. The van der Waals surface area contributed by atoms with Crippen molar-refractivity contribution in [1.82, 2.24) is 4.90 Å². The zero-order chi connectivity index (χ0) is 24.7. The van der Waals surface area contributed by atoms with Crippen LogP contribution in [0, 0.1) is 16.0 Å². The Bertz CT molecular complexity index is 1080. The van der Waals surface area contributed by atoms with Crippen molar-refractivity contribution < 1.29 is 28.8 Å². The number of piperidine rings is 1. The molecule has 0 aromatic heterocycles. The van der Waals surface area contributed by atoms with Crippen molar-refractivity contribution in [2.24, 2.45) is 5.92 Å². The van der Waals surface area contributed by atoms with Gasteiger partial charge < -0.3 is 19.7 Å². The molecule has 34 heavy (non-hydrogen) atoms. The molecule has 0 spiro atoms. The number of rotatable bonds is 8. The molecule has 2 aromatic carbocycles. The largest absolute Gasteiger partial charge is 0.469 e. The number of nitro benzene ring substituents is 1. The van der Waals surface area contributed by atoms with Gasteiger partial charge in [0.2, 0.25) is 0 Å². The predicted molar refractivity (Wildman–Crippen MR) is 123 cm³/mol. The molecule has 1 fully saturated rings. The molecule has 10 nitrogen and oxygen atoms in total. The van der Waals surface area contributed by atoms with Gasteiger partial charge in [-0.2, -0.15) is 0 Å². The molecular formula is C23H24ClN3O7. The second-order valence-electron chi connectivity index (χ2n) is 7.69. The average molecular weight is 490 g/mol. The molecule has 3 rings (SSSR count). The highest BCUT2D eigenvalue weighted by molar-refractivity contribution is 6.31. The van der Waals surface area contributed by atoms with Crippen LogP contribution < -0.4 is 5.32 Å². The number of benzene rings is 2. The Balaban J connectivity index is 1.65. The number of carbonyl (C=O) groups excluding carboxylic acids is 3. The number of halogens is 1. The number of methoxy groups -OCH3 is 1. The lowest BCUT2D eigenvalue weighted by Gasteiger charge is -2.30. The van der Waals surface area contributed by atoms with Gasteiger partial charge in [-0.1, -0.05) is 29.8 Å². The van der Waals surface area contributed by atoms with E-state index < -0.39 is 23.4 Å². The fourth-order valence-electron chi connectivity index (χ4n) is 3.63. The number of nitro groups is 1. The number of non-ortho nitro benzene ring substituents is 1. The number of esters is 2. The molecule has 1 amide bonds. The first-order chi connectivity index (χ1) is 16.3. The van der Waals surface area contributed by atoms with E-state index in [-0.39, 0.29) is 29.7 Å². The fraction of sp³-hybridized carbons (Fsp3) is 0.348. The van der Waals surface area contributed by atoms with Crippen LogP contribution in [0.2, 0.25) is 5.02 Å². The minimum Gasteiger partial charge on any atom is -0.469 e. The monoisotopic (exact) mass is 489 g/mol. The zero-order valence-corrected chi connectivity index (χ0v) is 19.2. The molecule has 180 valence electrons. The highest BCUT2D eigenvalue weighted by Crippen LogP contribution is 2.25. The maximum atomic E-state index is 12.7. The topological polar surface area (TPSA) is 128 Å². The van der Waals surface area contributed by atoms with Gasteiger partial charge in [0.25, 0.3) is 11.6 Å². The molecule has 1 N–H and O–H groups in total. The van der Waals surface area contributed by atoms with E-state index in [1.165, 1.54) is 24.1 Å². The molecule has 1 heterocycles. The van der Waals surface area contributed by atoms with Crippen LogP contribution in [-0.2, 0) is 25.6 Å². The number of nitrogens with one attached hydrogen (secondary N) is 1. The van der Waals surface area contributed by atoms with E-state index in [1.807, 2.05) is 6.07 Å². The van der Waals surface area contributed by atoms with Crippen molar-refractivity contribution in [3.63, 3.8) is 0 Å². The molecule has 11 heteroatoms. The number of carbonyl (C=O) groups is 3. The van der Waals surface area contributed by atoms with E-state index in [0.717, 1.165) is 11.6 Å². The van der Waals surface area contributed by atoms with Gasteiger partial charge in [-0.25, -0.2) is 4.79 Å². The second-order valence-corrected chi connectivity index (χ2v) is 8.09. The summed E-state index contributed by atoms with van der Waals surface area (Å²) in [7, 11) is 1.32. The molecule has 1 saturated heterocycles. The van der Waals surface area contributed by atoms with Crippen LogP contribution >= 0.6 is 11.6 Å². The van der Waals surface area contributed by atoms with E-state index >= 15 is 0 Å². The van der Waals surface area contributed by atoms with Crippen molar-refractivity contribution in [1.29, 1.82) is 0 Å². The van der Waals surface area contributed by atoms with Crippen LogP contribution in [0.15, 0.2) is 42.5 Å². The Kier molecular flexibility index (Phi) is 8.42. The Morgan fingerprint density at radius 2 is 1.88 bits per heavy atom. The summed E-state index contributed by atoms with van der Waals surface area (Å²) in [6, 6.07) is 10.9. The lowest BCUT2D eigenvalue weighted by atomic mass is 9.97. The zero-order valence-electron chi connectivity index (χ0n) is 18.5. The van der Waals surface area contributed by atoms with Crippen molar-refractivity contribution in [2.75, 3.05) is 32.1 Å². The first kappa shape index (κ1) is 25.0. The van der Waals surface area contributed by atoms with Crippen LogP contribution in [0.4, 0.5) is 11.4 Å². The van der Waals surface area contributed by atoms with Gasteiger partial charge in [-0.15, -0.1) is 0 Å². The van der Waals surface area contributed by atoms with Crippen LogP contribution in [0.1, 0.15) is 28.8 Å². The summed E-state index contributed by atoms with van der Waals surface area (Å²) in [6.07, 6.45) is 0.931. The Labute approximate surface area is 200 Å². The lowest BCUT2D eigenvalue weighted by Crippen LogP contribution is -2.42. The third-order valence-electron chi connectivity index (χ3n) is 5.57. The molecule has 0 bridgehead atoms. The number of anilines is 1. The molecule has 0 aliphatic carbocycles. The SMILES string of the molecule is COC(=O)C1CCN(C(=O)COC(=O)c2cc([N+](=O)[O-])ccc2NCc2ccccc2Cl)CC1. The van der Waals surface area contributed by atoms with Crippen molar-refractivity contribution in [3.8, 4) is 0 Å². The minimum absolute atomic E-state index is 0.0709. The summed E-state index contributed by atoms with van der Waals surface area (Å²) in [4.78, 5) is 48.9. The molecule has 0 atom stereocenters. The maximum absolute atomic E-state index is 12.7. The molecule has 2 aromatic rings. The lowest BCUT2D eigenvalue weighted by molar-refractivity contribution is -0.384. The number of nitrogens with zero attached hydrogens (tertiary/aromatic N) is 2. The number of likely N-dealkylation sites (tertiary alicyclic amines) is 1. The molecule has 1 aliphatic heterocycles. The Hall–Kier alpha value is -3.66. The van der Waals surface area contributed by atoms with Gasteiger partial charge in [-0.05, 0) is 30.5 Å². The summed E-state index contributed by atoms with van der Waals surface area (Å²) < 4.78 is 9.91. The van der Waals surface area contributed by atoms with Crippen molar-refractivity contribution >= 4 is 40.8 Å². The summed E-state index contributed by atoms with van der Waals surface area (Å²) in [5.41, 5.74) is 0.721. The summed E-state index contributed by atoms with van der Waals surface area (Å²) in [6.45, 7) is 0.440. The van der Waals surface area contributed by atoms with E-state index in [0.29, 0.717) is 36.6 Å². The maximum Gasteiger partial charge on any atom is 0.341 e. The van der Waals surface area contributed by atoms with Gasteiger partial charge in [-0.3, -0.25) is 19.7 Å². The van der Waals surface area contributed by atoms with Gasteiger partial charge in [0.05, 0.1) is 23.5 Å². The van der Waals surface area contributed by atoms with Crippen LogP contribution in [-0.4, -0.2) is 54.5 Å². The molecule has 0 radical (unpaired) electrons. The van der Waals surface area contributed by atoms with Crippen LogP contribution in [0.25, 0.3) is 0 Å². The smallest absolute Gasteiger partial charge is 0.341 e. The predicted octanol–water partition coefficient (Wildman–Crippen LogP) is 3.43. The first-order valence-electron chi connectivity index (χ1n) is 10.6. The average Bonchev–Trinajstić information content (AvgIpc) is 2.86. The number of hydrogen-bond acceptors (Lipinski definition) is 8. The highest BCUT2D eigenvalue weighted by Gasteiger charge is 2.28. The quantitative estimate of drug-likeness (QED) is 0.339. The number of ether oxygens (including phenoxy) is 2. The third kappa shape index (κ3) is 6.22. The second kappa shape index (κ2) is 11.5. The molecule has 0 saturated carbocycles. The van der Waals surface area contributed by atoms with E-state index in [1.54, 1.807) is 18.2 Å². The molecular weight excluding hydrogens is 466 g/mol. The van der Waals surface area contributed by atoms with E-state index in [2.05, 4.69) is 5.32 Å². The van der Waals surface area contributed by atoms with Crippen LogP contribution in [0.5, 0.6) is 0 Å². The summed E-state index contributed by atoms with van der Waals surface area (Å²) in [5, 5.41) is 14.8. The van der Waals surface area contributed by atoms with Gasteiger partial charge in [0, 0.05) is 42.5 Å². The van der Waals surface area contributed by atoms with Gasteiger partial charge in [0.1, 0.15) is 0 Å². The minimum atomic E-state index is -0.872. The summed E-state index contributed by atoms with van der Waals surface area (Å²) >= 11 is 6.16. The summed E-state index contributed by atoms with van der Waals surface area (Å²) in [5.74, 6) is -1.84.